The molecule has 5 nitrogen and oxygen atoms in total. The van der Waals surface area contributed by atoms with Gasteiger partial charge in [0, 0.05) is 12.6 Å². The Morgan fingerprint density at radius 2 is 2.00 bits per heavy atom. The number of aliphatic hydroxyl groups excluding tert-OH is 1. The summed E-state index contributed by atoms with van der Waals surface area (Å²) in [5.41, 5.74) is 0.876. The molecule has 0 unspecified atom stereocenters. The van der Waals surface area contributed by atoms with Crippen molar-refractivity contribution < 1.29 is 13.5 Å². The first-order valence-corrected chi connectivity index (χ1v) is 8.84. The molecule has 118 valence electrons. The van der Waals surface area contributed by atoms with Crippen LogP contribution in [0.3, 0.4) is 0 Å². The molecule has 0 aromatic carbocycles. The molecular formula is C15H24N2O3S. The normalized spacial score (nSPS) is 16.6. The molecule has 1 aliphatic rings. The maximum Gasteiger partial charge on any atom is 0.200 e. The topological polar surface area (TPSA) is 70.5 Å². The van der Waals surface area contributed by atoms with E-state index in [1.54, 1.807) is 39.1 Å². The summed E-state index contributed by atoms with van der Waals surface area (Å²) in [4.78, 5) is 6.26. The quantitative estimate of drug-likeness (QED) is 0.900. The van der Waals surface area contributed by atoms with Crippen LogP contribution in [0.15, 0.2) is 23.4 Å². The first-order chi connectivity index (χ1) is 9.77. The number of pyridine rings is 1. The van der Waals surface area contributed by atoms with Gasteiger partial charge in [0.1, 0.15) is 0 Å². The zero-order chi connectivity index (χ0) is 15.7. The lowest BCUT2D eigenvalue weighted by atomic mass is 9.91. The Kier molecular flexibility index (Phi) is 4.58. The standard InChI is InChI=1S/C15H24N2O3S/c1-15(2,3)21(19,20)14-8-7-13(11-16-14)17(9-10-18)12-5-4-6-12/h7-8,11-12,18H,4-6,9-10H2,1-3H3. The molecule has 21 heavy (non-hydrogen) atoms. The highest BCUT2D eigenvalue weighted by Crippen LogP contribution is 2.30. The molecule has 1 saturated carbocycles. The smallest absolute Gasteiger partial charge is 0.200 e. The molecule has 1 aromatic rings. The van der Waals surface area contributed by atoms with Crippen molar-refractivity contribution in [3.05, 3.63) is 18.3 Å². The van der Waals surface area contributed by atoms with Crippen molar-refractivity contribution in [2.75, 3.05) is 18.1 Å². The van der Waals surface area contributed by atoms with Crippen molar-refractivity contribution in [2.24, 2.45) is 0 Å². The van der Waals surface area contributed by atoms with Gasteiger partial charge in [0.2, 0.25) is 0 Å². The molecule has 0 amide bonds. The molecular weight excluding hydrogens is 288 g/mol. The molecule has 1 heterocycles. The fourth-order valence-electron chi connectivity index (χ4n) is 2.34. The third kappa shape index (κ3) is 3.21. The largest absolute Gasteiger partial charge is 0.395 e. The number of sulfone groups is 1. The number of aromatic nitrogens is 1. The van der Waals surface area contributed by atoms with Gasteiger partial charge in [0.15, 0.2) is 14.9 Å². The van der Waals surface area contributed by atoms with Crippen LogP contribution in [0, 0.1) is 0 Å². The lowest BCUT2D eigenvalue weighted by molar-refractivity contribution is 0.283. The molecule has 1 aromatic heterocycles. The molecule has 0 bridgehead atoms. The van der Waals surface area contributed by atoms with Gasteiger partial charge in [-0.15, -0.1) is 0 Å². The number of hydrogen-bond donors (Lipinski definition) is 1. The van der Waals surface area contributed by atoms with E-state index in [0.717, 1.165) is 18.5 Å². The molecule has 0 atom stereocenters. The maximum absolute atomic E-state index is 12.3. The average molecular weight is 312 g/mol. The highest BCUT2D eigenvalue weighted by molar-refractivity contribution is 7.92. The van der Waals surface area contributed by atoms with Crippen LogP contribution in [-0.2, 0) is 9.84 Å². The second-order valence-electron chi connectivity index (χ2n) is 6.47. The van der Waals surface area contributed by atoms with Crippen LogP contribution in [0.4, 0.5) is 5.69 Å². The van der Waals surface area contributed by atoms with E-state index in [0.29, 0.717) is 12.6 Å². The molecule has 0 radical (unpaired) electrons. The SMILES string of the molecule is CC(C)(C)S(=O)(=O)c1ccc(N(CCO)C2CCC2)cn1. The van der Waals surface area contributed by atoms with Gasteiger partial charge in [0.25, 0.3) is 0 Å². The summed E-state index contributed by atoms with van der Waals surface area (Å²) in [5.74, 6) is 0. The van der Waals surface area contributed by atoms with E-state index in [9.17, 15) is 13.5 Å². The number of nitrogens with zero attached hydrogens (tertiary/aromatic N) is 2. The molecule has 0 spiro atoms. The van der Waals surface area contributed by atoms with E-state index >= 15 is 0 Å². The minimum Gasteiger partial charge on any atom is -0.395 e. The van der Waals surface area contributed by atoms with Crippen molar-refractivity contribution in [3.63, 3.8) is 0 Å². The van der Waals surface area contributed by atoms with Crippen molar-refractivity contribution in [1.29, 1.82) is 0 Å². The number of aliphatic hydroxyl groups is 1. The fourth-order valence-corrected chi connectivity index (χ4v) is 3.41. The van der Waals surface area contributed by atoms with Gasteiger partial charge in [-0.3, -0.25) is 0 Å². The molecule has 1 fully saturated rings. The van der Waals surface area contributed by atoms with E-state index in [4.69, 9.17) is 0 Å². The van der Waals surface area contributed by atoms with Gasteiger partial charge in [-0.1, -0.05) is 0 Å². The van der Waals surface area contributed by atoms with Crippen molar-refractivity contribution >= 4 is 15.5 Å². The summed E-state index contributed by atoms with van der Waals surface area (Å²) in [5, 5.41) is 9.31. The third-order valence-corrected chi connectivity index (χ3v) is 6.39. The summed E-state index contributed by atoms with van der Waals surface area (Å²) >= 11 is 0. The maximum atomic E-state index is 12.3. The summed E-state index contributed by atoms with van der Waals surface area (Å²) in [6.07, 6.45) is 5.03. The highest BCUT2D eigenvalue weighted by Gasteiger charge is 2.32. The van der Waals surface area contributed by atoms with Crippen LogP contribution in [-0.4, -0.2) is 42.4 Å². The van der Waals surface area contributed by atoms with Crippen molar-refractivity contribution in [2.45, 2.75) is 55.8 Å². The van der Waals surface area contributed by atoms with Gasteiger partial charge in [-0.25, -0.2) is 13.4 Å². The summed E-state index contributed by atoms with van der Waals surface area (Å²) in [6, 6.07) is 3.79. The molecule has 1 N–H and O–H groups in total. The Morgan fingerprint density at radius 3 is 2.38 bits per heavy atom. The van der Waals surface area contributed by atoms with Crippen LogP contribution >= 0.6 is 0 Å². The monoisotopic (exact) mass is 312 g/mol. The average Bonchev–Trinajstić information content (AvgIpc) is 2.35. The van der Waals surface area contributed by atoms with Crippen molar-refractivity contribution in [1.82, 2.24) is 4.98 Å². The van der Waals surface area contributed by atoms with Crippen LogP contribution in [0.1, 0.15) is 40.0 Å². The van der Waals surface area contributed by atoms with E-state index in [1.807, 2.05) is 0 Å². The Hall–Kier alpha value is -1.14. The first kappa shape index (κ1) is 16.2. The zero-order valence-electron chi connectivity index (χ0n) is 12.9. The minimum atomic E-state index is -3.42. The van der Waals surface area contributed by atoms with Crippen molar-refractivity contribution in [3.8, 4) is 0 Å². The second kappa shape index (κ2) is 5.93. The molecule has 6 heteroatoms. The predicted octanol–water partition coefficient (Wildman–Crippen LogP) is 2.00. The highest BCUT2D eigenvalue weighted by atomic mass is 32.2. The predicted molar refractivity (Wildman–Crippen MR) is 83.2 cm³/mol. The summed E-state index contributed by atoms with van der Waals surface area (Å²) in [7, 11) is -3.42. The summed E-state index contributed by atoms with van der Waals surface area (Å²) in [6.45, 7) is 5.65. The minimum absolute atomic E-state index is 0.0819. The Bertz CT molecular complexity index is 572. The van der Waals surface area contributed by atoms with Crippen LogP contribution in [0.25, 0.3) is 0 Å². The van der Waals surface area contributed by atoms with Crippen LogP contribution < -0.4 is 4.90 Å². The van der Waals surface area contributed by atoms with Gasteiger partial charge < -0.3 is 10.0 Å². The fraction of sp³-hybridized carbons (Fsp3) is 0.667. The van der Waals surface area contributed by atoms with E-state index < -0.39 is 14.6 Å². The molecule has 0 aliphatic heterocycles. The Morgan fingerprint density at radius 1 is 1.33 bits per heavy atom. The molecule has 1 aliphatic carbocycles. The number of rotatable bonds is 5. The summed E-state index contributed by atoms with van der Waals surface area (Å²) < 4.78 is 23.8. The third-order valence-electron chi connectivity index (χ3n) is 3.99. The lowest BCUT2D eigenvalue weighted by Crippen LogP contribution is -2.42. The Balaban J connectivity index is 2.25. The van der Waals surface area contributed by atoms with Crippen LogP contribution in [0.5, 0.6) is 0 Å². The number of anilines is 1. The van der Waals surface area contributed by atoms with E-state index in [2.05, 4.69) is 9.88 Å². The Labute approximate surface area is 126 Å². The van der Waals surface area contributed by atoms with Gasteiger partial charge in [-0.2, -0.15) is 0 Å². The van der Waals surface area contributed by atoms with E-state index in [-0.39, 0.29) is 11.6 Å². The zero-order valence-corrected chi connectivity index (χ0v) is 13.7. The van der Waals surface area contributed by atoms with Gasteiger partial charge in [0.05, 0.1) is 23.2 Å². The first-order valence-electron chi connectivity index (χ1n) is 7.35. The number of hydrogen-bond acceptors (Lipinski definition) is 5. The lowest BCUT2D eigenvalue weighted by Gasteiger charge is -2.38. The van der Waals surface area contributed by atoms with Gasteiger partial charge >= 0.3 is 0 Å². The van der Waals surface area contributed by atoms with E-state index in [1.165, 1.54) is 6.42 Å². The van der Waals surface area contributed by atoms with Gasteiger partial charge in [-0.05, 0) is 52.2 Å². The molecule has 0 saturated heterocycles. The molecule has 2 rings (SSSR count). The van der Waals surface area contributed by atoms with Crippen LogP contribution in [0.2, 0.25) is 0 Å². The second-order valence-corrected chi connectivity index (χ2v) is 9.12.